The summed E-state index contributed by atoms with van der Waals surface area (Å²) in [6.07, 6.45) is 0.953. The van der Waals surface area contributed by atoms with Crippen LogP contribution in [0.15, 0.2) is 0 Å². The van der Waals surface area contributed by atoms with Gasteiger partial charge in [-0.15, -0.1) is 0 Å². The SMILES string of the molecule is CCOC(=O)CCCNCC(N)C(=O)O. The molecule has 1 atom stereocenters. The topological polar surface area (TPSA) is 102 Å². The third-order valence-electron chi connectivity index (χ3n) is 1.72. The minimum atomic E-state index is -1.03. The summed E-state index contributed by atoms with van der Waals surface area (Å²) in [5.74, 6) is -1.27. The summed E-state index contributed by atoms with van der Waals surface area (Å²) in [6, 6.07) is -0.896. The molecule has 0 aliphatic heterocycles. The van der Waals surface area contributed by atoms with Gasteiger partial charge in [0.1, 0.15) is 6.04 Å². The van der Waals surface area contributed by atoms with Crippen LogP contribution >= 0.6 is 0 Å². The molecule has 0 aromatic heterocycles. The van der Waals surface area contributed by atoms with Crippen molar-refractivity contribution in [3.05, 3.63) is 0 Å². The molecular formula is C9H18N2O4. The number of carboxylic acid groups (broad SMARTS) is 1. The second-order valence-corrected chi connectivity index (χ2v) is 3.06. The zero-order valence-corrected chi connectivity index (χ0v) is 8.86. The van der Waals surface area contributed by atoms with Crippen LogP contribution in [0.5, 0.6) is 0 Å². The molecular weight excluding hydrogens is 200 g/mol. The van der Waals surface area contributed by atoms with Crippen molar-refractivity contribution in [3.63, 3.8) is 0 Å². The Morgan fingerprint density at radius 3 is 2.73 bits per heavy atom. The van der Waals surface area contributed by atoms with Gasteiger partial charge in [-0.25, -0.2) is 0 Å². The number of carbonyl (C=O) groups excluding carboxylic acids is 1. The van der Waals surface area contributed by atoms with E-state index in [0.29, 0.717) is 26.0 Å². The van der Waals surface area contributed by atoms with Gasteiger partial charge in [0, 0.05) is 13.0 Å². The first kappa shape index (κ1) is 13.9. The van der Waals surface area contributed by atoms with Gasteiger partial charge >= 0.3 is 11.9 Å². The molecule has 0 spiro atoms. The van der Waals surface area contributed by atoms with Crippen molar-refractivity contribution in [2.75, 3.05) is 19.7 Å². The first-order chi connectivity index (χ1) is 7.07. The lowest BCUT2D eigenvalue weighted by molar-refractivity contribution is -0.143. The quantitative estimate of drug-likeness (QED) is 0.369. The standard InChI is InChI=1S/C9H18N2O4/c1-2-15-8(12)4-3-5-11-6-7(10)9(13)14/h7,11H,2-6,10H2,1H3,(H,13,14). The lowest BCUT2D eigenvalue weighted by Gasteiger charge is -2.07. The van der Waals surface area contributed by atoms with Crippen molar-refractivity contribution < 1.29 is 19.4 Å². The van der Waals surface area contributed by atoms with Crippen LogP contribution < -0.4 is 11.1 Å². The first-order valence-corrected chi connectivity index (χ1v) is 4.92. The van der Waals surface area contributed by atoms with E-state index in [2.05, 4.69) is 5.32 Å². The van der Waals surface area contributed by atoms with Crippen LogP contribution in [0.4, 0.5) is 0 Å². The van der Waals surface area contributed by atoms with Gasteiger partial charge in [0.05, 0.1) is 6.61 Å². The molecule has 0 saturated heterocycles. The van der Waals surface area contributed by atoms with Gasteiger partial charge < -0.3 is 20.9 Å². The summed E-state index contributed by atoms with van der Waals surface area (Å²) in [4.78, 5) is 21.2. The molecule has 0 bridgehead atoms. The van der Waals surface area contributed by atoms with E-state index < -0.39 is 12.0 Å². The largest absolute Gasteiger partial charge is 0.480 e. The van der Waals surface area contributed by atoms with E-state index in [0.717, 1.165) is 0 Å². The number of ether oxygens (including phenoxy) is 1. The molecule has 0 aromatic carbocycles. The fourth-order valence-electron chi connectivity index (χ4n) is 0.936. The van der Waals surface area contributed by atoms with Crippen molar-refractivity contribution in [3.8, 4) is 0 Å². The van der Waals surface area contributed by atoms with Crippen molar-refractivity contribution in [1.29, 1.82) is 0 Å². The Morgan fingerprint density at radius 2 is 2.20 bits per heavy atom. The van der Waals surface area contributed by atoms with Crippen molar-refractivity contribution in [1.82, 2.24) is 5.32 Å². The zero-order valence-electron chi connectivity index (χ0n) is 8.86. The van der Waals surface area contributed by atoms with Gasteiger partial charge in [0.15, 0.2) is 0 Å². The second-order valence-electron chi connectivity index (χ2n) is 3.06. The summed E-state index contributed by atoms with van der Waals surface area (Å²) >= 11 is 0. The maximum Gasteiger partial charge on any atom is 0.321 e. The molecule has 0 aliphatic rings. The van der Waals surface area contributed by atoms with Gasteiger partial charge in [0.2, 0.25) is 0 Å². The minimum Gasteiger partial charge on any atom is -0.480 e. The maximum atomic E-state index is 10.9. The maximum absolute atomic E-state index is 10.9. The third-order valence-corrected chi connectivity index (χ3v) is 1.72. The first-order valence-electron chi connectivity index (χ1n) is 4.92. The monoisotopic (exact) mass is 218 g/mol. The molecule has 0 heterocycles. The number of hydrogen-bond acceptors (Lipinski definition) is 5. The van der Waals surface area contributed by atoms with Crippen LogP contribution in [0.25, 0.3) is 0 Å². The van der Waals surface area contributed by atoms with Gasteiger partial charge in [-0.1, -0.05) is 0 Å². The number of aliphatic carboxylic acids is 1. The van der Waals surface area contributed by atoms with Gasteiger partial charge in [-0.2, -0.15) is 0 Å². The molecule has 0 saturated carbocycles. The van der Waals surface area contributed by atoms with Crippen molar-refractivity contribution >= 4 is 11.9 Å². The lowest BCUT2D eigenvalue weighted by atomic mass is 10.3. The number of hydrogen-bond donors (Lipinski definition) is 3. The van der Waals surface area contributed by atoms with Crippen LogP contribution in [0, 0.1) is 0 Å². The van der Waals surface area contributed by atoms with Crippen molar-refractivity contribution in [2.45, 2.75) is 25.8 Å². The van der Waals surface area contributed by atoms with E-state index in [4.69, 9.17) is 15.6 Å². The highest BCUT2D eigenvalue weighted by molar-refractivity contribution is 5.73. The predicted octanol–water partition coefficient (Wildman–Crippen LogP) is -0.669. The third kappa shape index (κ3) is 7.90. The fourth-order valence-corrected chi connectivity index (χ4v) is 0.936. The number of carboxylic acids is 1. The Morgan fingerprint density at radius 1 is 1.53 bits per heavy atom. The van der Waals surface area contributed by atoms with E-state index in [1.165, 1.54) is 0 Å². The second kappa shape index (κ2) is 8.19. The Balaban J connectivity index is 3.32. The summed E-state index contributed by atoms with van der Waals surface area (Å²) in [6.45, 7) is 2.90. The summed E-state index contributed by atoms with van der Waals surface area (Å²) in [5, 5.41) is 11.3. The van der Waals surface area contributed by atoms with Crippen molar-refractivity contribution in [2.24, 2.45) is 5.73 Å². The van der Waals surface area contributed by atoms with E-state index >= 15 is 0 Å². The summed E-state index contributed by atoms with van der Waals surface area (Å²) < 4.78 is 4.72. The minimum absolute atomic E-state index is 0.207. The average molecular weight is 218 g/mol. The highest BCUT2D eigenvalue weighted by Gasteiger charge is 2.09. The average Bonchev–Trinajstić information content (AvgIpc) is 2.17. The Hall–Kier alpha value is -1.14. The Bertz CT molecular complexity index is 208. The molecule has 88 valence electrons. The number of nitrogens with two attached hydrogens (primary N) is 1. The Kier molecular flexibility index (Phi) is 7.57. The normalized spacial score (nSPS) is 12.1. The molecule has 6 heteroatoms. The summed E-state index contributed by atoms with van der Waals surface area (Å²) in [7, 11) is 0. The Labute approximate surface area is 88.8 Å². The molecule has 0 aromatic rings. The van der Waals surface area contributed by atoms with E-state index in [1.807, 2.05) is 0 Å². The molecule has 6 nitrogen and oxygen atoms in total. The number of carbonyl (C=O) groups is 2. The van der Waals surface area contributed by atoms with E-state index in [-0.39, 0.29) is 12.5 Å². The van der Waals surface area contributed by atoms with Crippen LogP contribution in [0.1, 0.15) is 19.8 Å². The van der Waals surface area contributed by atoms with Crippen LogP contribution in [-0.2, 0) is 14.3 Å². The zero-order chi connectivity index (χ0) is 11.7. The van der Waals surface area contributed by atoms with Crippen LogP contribution in [0.3, 0.4) is 0 Å². The molecule has 4 N–H and O–H groups in total. The molecule has 15 heavy (non-hydrogen) atoms. The highest BCUT2D eigenvalue weighted by atomic mass is 16.5. The van der Waals surface area contributed by atoms with Gasteiger partial charge in [-0.05, 0) is 19.9 Å². The fraction of sp³-hybridized carbons (Fsp3) is 0.778. The smallest absolute Gasteiger partial charge is 0.321 e. The highest BCUT2D eigenvalue weighted by Crippen LogP contribution is 1.91. The van der Waals surface area contributed by atoms with Crippen LogP contribution in [-0.4, -0.2) is 42.8 Å². The molecule has 0 aliphatic carbocycles. The van der Waals surface area contributed by atoms with E-state index in [9.17, 15) is 9.59 Å². The van der Waals surface area contributed by atoms with Crippen LogP contribution in [0.2, 0.25) is 0 Å². The number of esters is 1. The summed E-state index contributed by atoms with van der Waals surface area (Å²) in [5.41, 5.74) is 5.25. The number of rotatable bonds is 8. The molecule has 0 amide bonds. The molecule has 0 radical (unpaired) electrons. The van der Waals surface area contributed by atoms with Gasteiger partial charge in [-0.3, -0.25) is 9.59 Å². The number of nitrogens with one attached hydrogen (secondary N) is 1. The molecule has 0 fully saturated rings. The predicted molar refractivity (Wildman–Crippen MR) is 54.3 cm³/mol. The van der Waals surface area contributed by atoms with Gasteiger partial charge in [0.25, 0.3) is 0 Å². The molecule has 1 unspecified atom stereocenters. The molecule has 0 rings (SSSR count). The lowest BCUT2D eigenvalue weighted by Crippen LogP contribution is -2.40. The van der Waals surface area contributed by atoms with E-state index in [1.54, 1.807) is 6.92 Å².